The Hall–Kier alpha value is -1.58. The van der Waals surface area contributed by atoms with Crippen LogP contribution in [-0.4, -0.2) is 11.0 Å². The number of nitrogens with two attached hydrogens (primary N) is 1. The number of thiocarbonyl (C=S) groups is 1. The average Bonchev–Trinajstić information content (AvgIpc) is 2.73. The molecule has 102 valence electrons. The van der Waals surface area contributed by atoms with E-state index in [0.717, 1.165) is 17.7 Å². The molecule has 0 saturated heterocycles. The van der Waals surface area contributed by atoms with Crippen LogP contribution < -0.4 is 10.6 Å². The molecule has 0 saturated carbocycles. The number of para-hydroxylation sites is 1. The van der Waals surface area contributed by atoms with Gasteiger partial charge in [0, 0.05) is 22.3 Å². The first kappa shape index (κ1) is 13.4. The number of halogens is 1. The zero-order chi connectivity index (χ0) is 14.3. The summed E-state index contributed by atoms with van der Waals surface area (Å²) in [7, 11) is 0. The maximum absolute atomic E-state index is 6.16. The first-order chi connectivity index (χ1) is 9.58. The standard InChI is InChI=1S/C16H15ClN2S/c1-10-8-11-4-2-3-5-14(11)19(10)15-9-12(17)6-7-13(15)16(18)20/h2-7,9-10H,8H2,1H3,(H2,18,20). The van der Waals surface area contributed by atoms with Gasteiger partial charge < -0.3 is 10.6 Å². The van der Waals surface area contributed by atoms with Crippen molar-refractivity contribution in [3.05, 3.63) is 58.6 Å². The Morgan fingerprint density at radius 3 is 2.75 bits per heavy atom. The normalized spacial score (nSPS) is 17.1. The fourth-order valence-corrected chi connectivity index (χ4v) is 3.18. The number of nitrogens with zero attached hydrogens (tertiary/aromatic N) is 1. The van der Waals surface area contributed by atoms with E-state index in [9.17, 15) is 0 Å². The SMILES string of the molecule is CC1Cc2ccccc2N1c1cc(Cl)ccc1C(N)=S. The van der Waals surface area contributed by atoms with Crippen LogP contribution in [0.4, 0.5) is 11.4 Å². The molecular formula is C16H15ClN2S. The van der Waals surface area contributed by atoms with Gasteiger partial charge >= 0.3 is 0 Å². The molecule has 0 aliphatic carbocycles. The molecule has 1 heterocycles. The lowest BCUT2D eigenvalue weighted by atomic mass is 10.1. The summed E-state index contributed by atoms with van der Waals surface area (Å²) in [5.41, 5.74) is 10.3. The van der Waals surface area contributed by atoms with Gasteiger partial charge in [-0.05, 0) is 43.2 Å². The quantitative estimate of drug-likeness (QED) is 0.848. The predicted molar refractivity (Wildman–Crippen MR) is 89.1 cm³/mol. The molecule has 4 heteroatoms. The van der Waals surface area contributed by atoms with E-state index in [1.165, 1.54) is 11.3 Å². The van der Waals surface area contributed by atoms with Crippen molar-refractivity contribution in [1.82, 2.24) is 0 Å². The summed E-state index contributed by atoms with van der Waals surface area (Å²) >= 11 is 11.3. The highest BCUT2D eigenvalue weighted by atomic mass is 35.5. The Labute approximate surface area is 129 Å². The van der Waals surface area contributed by atoms with Crippen molar-refractivity contribution in [1.29, 1.82) is 0 Å². The molecule has 1 atom stereocenters. The van der Waals surface area contributed by atoms with Crippen molar-refractivity contribution in [3.63, 3.8) is 0 Å². The molecule has 0 bridgehead atoms. The van der Waals surface area contributed by atoms with Gasteiger partial charge in [0.25, 0.3) is 0 Å². The number of rotatable bonds is 2. The van der Waals surface area contributed by atoms with E-state index >= 15 is 0 Å². The van der Waals surface area contributed by atoms with Gasteiger partial charge in [0.05, 0.1) is 5.69 Å². The molecule has 2 aromatic carbocycles. The lowest BCUT2D eigenvalue weighted by molar-refractivity contribution is 0.758. The summed E-state index contributed by atoms with van der Waals surface area (Å²) in [6.45, 7) is 2.20. The minimum absolute atomic E-state index is 0.360. The van der Waals surface area contributed by atoms with Gasteiger partial charge in [-0.1, -0.05) is 42.0 Å². The average molecular weight is 303 g/mol. The van der Waals surface area contributed by atoms with E-state index in [1.54, 1.807) is 0 Å². The predicted octanol–water partition coefficient (Wildman–Crippen LogP) is 4.06. The summed E-state index contributed by atoms with van der Waals surface area (Å²) in [6.07, 6.45) is 1.01. The van der Waals surface area contributed by atoms with Gasteiger partial charge in [-0.3, -0.25) is 0 Å². The topological polar surface area (TPSA) is 29.3 Å². The third-order valence-electron chi connectivity index (χ3n) is 3.69. The van der Waals surface area contributed by atoms with Crippen LogP contribution in [-0.2, 0) is 6.42 Å². The summed E-state index contributed by atoms with van der Waals surface area (Å²) in [5.74, 6) is 0. The number of hydrogen-bond donors (Lipinski definition) is 1. The molecule has 1 aliphatic rings. The molecule has 0 fully saturated rings. The number of hydrogen-bond acceptors (Lipinski definition) is 2. The maximum Gasteiger partial charge on any atom is 0.106 e. The second-order valence-electron chi connectivity index (χ2n) is 5.08. The molecule has 0 radical (unpaired) electrons. The minimum Gasteiger partial charge on any atom is -0.389 e. The van der Waals surface area contributed by atoms with Gasteiger partial charge in [0.15, 0.2) is 0 Å². The first-order valence-corrected chi connectivity index (χ1v) is 7.33. The molecule has 1 aliphatic heterocycles. The third kappa shape index (κ3) is 2.17. The van der Waals surface area contributed by atoms with Crippen LogP contribution in [0, 0.1) is 0 Å². The van der Waals surface area contributed by atoms with E-state index in [2.05, 4.69) is 36.1 Å². The third-order valence-corrected chi connectivity index (χ3v) is 4.15. The van der Waals surface area contributed by atoms with Crippen molar-refractivity contribution < 1.29 is 0 Å². The Balaban J connectivity index is 2.18. The van der Waals surface area contributed by atoms with E-state index < -0.39 is 0 Å². The maximum atomic E-state index is 6.16. The highest BCUT2D eigenvalue weighted by molar-refractivity contribution is 7.80. The number of anilines is 2. The van der Waals surface area contributed by atoms with E-state index in [1.807, 2.05) is 18.2 Å². The van der Waals surface area contributed by atoms with Gasteiger partial charge in [-0.2, -0.15) is 0 Å². The van der Waals surface area contributed by atoms with E-state index in [4.69, 9.17) is 29.6 Å². The Morgan fingerprint density at radius 1 is 1.25 bits per heavy atom. The Bertz CT molecular complexity index is 684. The molecule has 0 amide bonds. The van der Waals surface area contributed by atoms with E-state index in [-0.39, 0.29) is 0 Å². The second-order valence-corrected chi connectivity index (χ2v) is 5.95. The van der Waals surface area contributed by atoms with E-state index in [0.29, 0.717) is 16.1 Å². The molecule has 2 aromatic rings. The molecule has 3 rings (SSSR count). The molecular weight excluding hydrogens is 288 g/mol. The Morgan fingerprint density at radius 2 is 2.00 bits per heavy atom. The van der Waals surface area contributed by atoms with Crippen LogP contribution in [0.5, 0.6) is 0 Å². The van der Waals surface area contributed by atoms with Crippen molar-refractivity contribution in [2.24, 2.45) is 5.73 Å². The summed E-state index contributed by atoms with van der Waals surface area (Å²) < 4.78 is 0. The first-order valence-electron chi connectivity index (χ1n) is 6.54. The van der Waals surface area contributed by atoms with Gasteiger partial charge in [0.1, 0.15) is 4.99 Å². The summed E-state index contributed by atoms with van der Waals surface area (Å²) in [5, 5.41) is 0.691. The van der Waals surface area contributed by atoms with Crippen molar-refractivity contribution in [3.8, 4) is 0 Å². The highest BCUT2D eigenvalue weighted by Gasteiger charge is 2.28. The molecule has 1 unspecified atom stereocenters. The van der Waals surface area contributed by atoms with Crippen LogP contribution in [0.3, 0.4) is 0 Å². The van der Waals surface area contributed by atoms with Gasteiger partial charge in [-0.15, -0.1) is 0 Å². The minimum atomic E-state index is 0.360. The number of fused-ring (bicyclic) bond motifs is 1. The summed E-state index contributed by atoms with van der Waals surface area (Å²) in [6, 6.07) is 14.4. The lowest BCUT2D eigenvalue weighted by Crippen LogP contribution is -2.26. The van der Waals surface area contributed by atoms with Crippen LogP contribution in [0.25, 0.3) is 0 Å². The van der Waals surface area contributed by atoms with Crippen LogP contribution in [0.15, 0.2) is 42.5 Å². The zero-order valence-electron chi connectivity index (χ0n) is 11.1. The largest absolute Gasteiger partial charge is 0.389 e. The van der Waals surface area contributed by atoms with Crippen LogP contribution in [0.1, 0.15) is 18.1 Å². The molecule has 0 aromatic heterocycles. The van der Waals surface area contributed by atoms with Crippen molar-refractivity contribution in [2.75, 3.05) is 4.90 Å². The fourth-order valence-electron chi connectivity index (χ4n) is 2.85. The summed E-state index contributed by atoms with van der Waals surface area (Å²) in [4.78, 5) is 2.67. The Kier molecular flexibility index (Phi) is 3.40. The molecule has 2 nitrogen and oxygen atoms in total. The molecule has 2 N–H and O–H groups in total. The monoisotopic (exact) mass is 302 g/mol. The second kappa shape index (κ2) is 5.08. The van der Waals surface area contributed by atoms with Crippen molar-refractivity contribution >= 4 is 40.2 Å². The van der Waals surface area contributed by atoms with Crippen molar-refractivity contribution in [2.45, 2.75) is 19.4 Å². The zero-order valence-corrected chi connectivity index (χ0v) is 12.7. The van der Waals surface area contributed by atoms with Crippen LogP contribution >= 0.6 is 23.8 Å². The van der Waals surface area contributed by atoms with Crippen LogP contribution in [0.2, 0.25) is 5.02 Å². The molecule has 20 heavy (non-hydrogen) atoms. The highest BCUT2D eigenvalue weighted by Crippen LogP contribution is 2.40. The lowest BCUT2D eigenvalue weighted by Gasteiger charge is -2.27. The molecule has 0 spiro atoms. The number of benzene rings is 2. The fraction of sp³-hybridized carbons (Fsp3) is 0.188. The van der Waals surface area contributed by atoms with Gasteiger partial charge in [-0.25, -0.2) is 0 Å². The smallest absolute Gasteiger partial charge is 0.106 e. The van der Waals surface area contributed by atoms with Gasteiger partial charge in [0.2, 0.25) is 0 Å².